The minimum Gasteiger partial charge on any atom is -0.497 e. The van der Waals surface area contributed by atoms with Gasteiger partial charge in [-0.05, 0) is 49.4 Å². The van der Waals surface area contributed by atoms with Gasteiger partial charge in [0.15, 0.2) is 18.2 Å². The highest BCUT2D eigenvalue weighted by molar-refractivity contribution is 5.94. The number of carbonyl (C=O) groups is 2. The van der Waals surface area contributed by atoms with Crippen molar-refractivity contribution in [2.75, 3.05) is 38.7 Å². The summed E-state index contributed by atoms with van der Waals surface area (Å²) in [6, 6.07) is 11.2. The lowest BCUT2D eigenvalue weighted by Crippen LogP contribution is -2.28. The molecule has 2 N–H and O–H groups in total. The molecular weight excluding hydrogens is 509 g/mol. The van der Waals surface area contributed by atoms with Crippen LogP contribution < -0.4 is 20.1 Å². The molecule has 0 bridgehead atoms. The Kier molecular flexibility index (Phi) is 9.14. The van der Waals surface area contributed by atoms with Crippen molar-refractivity contribution in [3.05, 3.63) is 53.9 Å². The van der Waals surface area contributed by atoms with Gasteiger partial charge < -0.3 is 29.7 Å². The topological polar surface area (TPSA) is 115 Å². The minimum atomic E-state index is -0.352. The summed E-state index contributed by atoms with van der Waals surface area (Å²) >= 11 is 0. The number of amides is 2. The number of pyridine rings is 2. The van der Waals surface area contributed by atoms with Gasteiger partial charge in [-0.3, -0.25) is 9.78 Å². The van der Waals surface area contributed by atoms with Crippen molar-refractivity contribution in [1.29, 1.82) is 0 Å². The van der Waals surface area contributed by atoms with Gasteiger partial charge in [-0.1, -0.05) is 0 Å². The van der Waals surface area contributed by atoms with Gasteiger partial charge in [-0.2, -0.15) is 0 Å². The van der Waals surface area contributed by atoms with Crippen LogP contribution in [0.25, 0.3) is 10.9 Å². The van der Waals surface area contributed by atoms with Crippen LogP contribution in [0.5, 0.6) is 11.5 Å². The van der Waals surface area contributed by atoms with E-state index in [4.69, 9.17) is 14.2 Å². The van der Waals surface area contributed by atoms with Crippen LogP contribution in [0.3, 0.4) is 0 Å². The number of hydrogen-bond acceptors (Lipinski definition) is 8. The van der Waals surface area contributed by atoms with Crippen LogP contribution in [-0.4, -0.2) is 60.2 Å². The third kappa shape index (κ3) is 5.89. The van der Waals surface area contributed by atoms with Gasteiger partial charge in [0.1, 0.15) is 11.9 Å². The molecule has 2 aliphatic heterocycles. The number of nitrogens with zero attached hydrogens (tertiary/aromatic N) is 3. The monoisotopic (exact) mass is 535 g/mol. The Bertz CT molecular complexity index is 1240. The summed E-state index contributed by atoms with van der Waals surface area (Å²) in [4.78, 5) is 34.4. The summed E-state index contributed by atoms with van der Waals surface area (Å²) in [7, 11) is 1.62. The Balaban J connectivity index is 0.00000180. The Morgan fingerprint density at radius 2 is 2.06 bits per heavy atom. The van der Waals surface area contributed by atoms with Gasteiger partial charge in [0.05, 0.1) is 24.9 Å². The van der Waals surface area contributed by atoms with Crippen LogP contribution in [0.4, 0.5) is 10.6 Å². The van der Waals surface area contributed by atoms with Crippen LogP contribution in [0.1, 0.15) is 23.8 Å². The predicted molar refractivity (Wildman–Crippen MR) is 138 cm³/mol. The number of carbonyl (C=O) groups excluding carboxylic acids is 2. The number of ether oxygens (including phenoxy) is 3. The number of nitrogens with one attached hydrogen (secondary N) is 2. The molecule has 1 atom stereocenters. The van der Waals surface area contributed by atoms with E-state index >= 15 is 0 Å². The number of halogens is 2. The SMILES string of the molecule is COc1ccc2nccc(C3CN(CCCNCc4ccc5c(n4)NC(=O)CO5)C(=O)O3)c2c1.Cl.Cl. The summed E-state index contributed by atoms with van der Waals surface area (Å²) in [5, 5.41) is 6.95. The molecule has 10 nitrogen and oxygen atoms in total. The van der Waals surface area contributed by atoms with Crippen molar-refractivity contribution in [2.45, 2.75) is 19.1 Å². The van der Waals surface area contributed by atoms with Gasteiger partial charge in [-0.15, -0.1) is 24.8 Å². The normalized spacial score (nSPS) is 16.2. The summed E-state index contributed by atoms with van der Waals surface area (Å²) in [5.74, 6) is 1.55. The highest BCUT2D eigenvalue weighted by Crippen LogP contribution is 2.32. The molecule has 0 radical (unpaired) electrons. The van der Waals surface area contributed by atoms with Crippen molar-refractivity contribution in [1.82, 2.24) is 20.2 Å². The maximum Gasteiger partial charge on any atom is 0.410 e. The fraction of sp³-hybridized carbons (Fsp3) is 0.333. The molecule has 192 valence electrons. The molecule has 36 heavy (non-hydrogen) atoms. The average molecular weight is 536 g/mol. The molecule has 1 unspecified atom stereocenters. The zero-order valence-electron chi connectivity index (χ0n) is 19.6. The van der Waals surface area contributed by atoms with E-state index in [2.05, 4.69) is 20.6 Å². The van der Waals surface area contributed by atoms with Crippen molar-refractivity contribution in [3.8, 4) is 11.5 Å². The molecule has 2 aliphatic rings. The highest BCUT2D eigenvalue weighted by Gasteiger charge is 2.33. The maximum atomic E-state index is 12.5. The van der Waals surface area contributed by atoms with E-state index in [0.29, 0.717) is 37.7 Å². The standard InChI is InChI=1S/C24H25N5O5.2ClH/c1-32-16-4-5-19-18(11-16)17(7-9-26-19)21-13-29(24(31)34-21)10-2-8-25-12-15-3-6-20-23(27-15)28-22(30)14-33-20;;/h3-7,9,11,21,25H,2,8,10,12-14H2,1H3,(H,27,28,30);2*1H. The number of rotatable bonds is 8. The minimum absolute atomic E-state index is 0. The third-order valence-electron chi connectivity index (χ3n) is 5.84. The first kappa shape index (κ1) is 27.3. The second-order valence-corrected chi connectivity index (χ2v) is 8.12. The van der Waals surface area contributed by atoms with Crippen LogP contribution in [-0.2, 0) is 16.1 Å². The first-order valence-corrected chi connectivity index (χ1v) is 11.1. The Hall–Kier alpha value is -3.34. The van der Waals surface area contributed by atoms with E-state index in [1.54, 1.807) is 24.3 Å². The molecule has 12 heteroatoms. The molecule has 3 aromatic rings. The van der Waals surface area contributed by atoms with Gasteiger partial charge >= 0.3 is 6.09 Å². The lowest BCUT2D eigenvalue weighted by atomic mass is 10.0. The van der Waals surface area contributed by atoms with Crippen LogP contribution in [0.15, 0.2) is 42.6 Å². The number of cyclic esters (lactones) is 1. The van der Waals surface area contributed by atoms with Crippen LogP contribution in [0.2, 0.25) is 0 Å². The van der Waals surface area contributed by atoms with Crippen LogP contribution in [0, 0.1) is 0 Å². The lowest BCUT2D eigenvalue weighted by Gasteiger charge is -2.17. The molecule has 1 aromatic carbocycles. The zero-order chi connectivity index (χ0) is 23.5. The second kappa shape index (κ2) is 12.1. The number of fused-ring (bicyclic) bond motifs is 2. The number of methoxy groups -OCH3 is 1. The summed E-state index contributed by atoms with van der Waals surface area (Å²) in [6.07, 6.45) is 1.83. The quantitative estimate of drug-likeness (QED) is 0.421. The largest absolute Gasteiger partial charge is 0.497 e. The molecular formula is C24H27Cl2N5O5. The molecule has 1 saturated heterocycles. The number of aromatic nitrogens is 2. The number of benzene rings is 1. The summed E-state index contributed by atoms with van der Waals surface area (Å²) in [6.45, 7) is 2.32. The molecule has 0 aliphatic carbocycles. The van der Waals surface area contributed by atoms with Crippen molar-refractivity contribution >= 4 is 53.5 Å². The molecule has 4 heterocycles. The highest BCUT2D eigenvalue weighted by atomic mass is 35.5. The molecule has 0 saturated carbocycles. The number of hydrogen-bond donors (Lipinski definition) is 2. The second-order valence-electron chi connectivity index (χ2n) is 8.12. The maximum absolute atomic E-state index is 12.5. The van der Waals surface area contributed by atoms with E-state index in [9.17, 15) is 9.59 Å². The molecule has 0 spiro atoms. The van der Waals surface area contributed by atoms with E-state index in [-0.39, 0.29) is 49.5 Å². The fourth-order valence-corrected chi connectivity index (χ4v) is 4.12. The Labute approximate surface area is 220 Å². The summed E-state index contributed by atoms with van der Waals surface area (Å²) < 4.78 is 16.3. The van der Waals surface area contributed by atoms with Gasteiger partial charge in [0.2, 0.25) is 0 Å². The third-order valence-corrected chi connectivity index (χ3v) is 5.84. The average Bonchev–Trinajstić information content (AvgIpc) is 3.22. The summed E-state index contributed by atoms with van der Waals surface area (Å²) in [5.41, 5.74) is 2.55. The first-order chi connectivity index (χ1) is 16.6. The van der Waals surface area contributed by atoms with Crippen molar-refractivity contribution in [3.63, 3.8) is 0 Å². The molecule has 5 rings (SSSR count). The van der Waals surface area contributed by atoms with E-state index in [0.717, 1.165) is 34.3 Å². The fourth-order valence-electron chi connectivity index (χ4n) is 4.12. The Morgan fingerprint density at radius 1 is 1.19 bits per heavy atom. The molecule has 2 amide bonds. The number of anilines is 1. The zero-order valence-corrected chi connectivity index (χ0v) is 21.2. The lowest BCUT2D eigenvalue weighted by molar-refractivity contribution is -0.118. The molecule has 1 fully saturated rings. The van der Waals surface area contributed by atoms with E-state index in [1.807, 2.05) is 30.3 Å². The van der Waals surface area contributed by atoms with E-state index < -0.39 is 0 Å². The van der Waals surface area contributed by atoms with Gasteiger partial charge in [-0.25, -0.2) is 9.78 Å². The Morgan fingerprint density at radius 3 is 2.89 bits per heavy atom. The van der Waals surface area contributed by atoms with Crippen molar-refractivity contribution in [2.24, 2.45) is 0 Å². The predicted octanol–water partition coefficient (Wildman–Crippen LogP) is 3.49. The van der Waals surface area contributed by atoms with E-state index in [1.165, 1.54) is 0 Å². The van der Waals surface area contributed by atoms with Gasteiger partial charge in [0.25, 0.3) is 5.91 Å². The van der Waals surface area contributed by atoms with Crippen LogP contribution >= 0.6 is 24.8 Å². The first-order valence-electron chi connectivity index (χ1n) is 11.1. The smallest absolute Gasteiger partial charge is 0.410 e. The van der Waals surface area contributed by atoms with Crippen molar-refractivity contribution < 1.29 is 23.8 Å². The molecule has 2 aromatic heterocycles. The van der Waals surface area contributed by atoms with Gasteiger partial charge in [0, 0.05) is 30.2 Å².